The van der Waals surface area contributed by atoms with Crippen molar-refractivity contribution in [3.05, 3.63) is 71.3 Å². The van der Waals surface area contributed by atoms with Crippen LogP contribution in [0.2, 0.25) is 5.02 Å². The van der Waals surface area contributed by atoms with Gasteiger partial charge in [0, 0.05) is 11.8 Å². The lowest BCUT2D eigenvalue weighted by Gasteiger charge is -2.17. The second kappa shape index (κ2) is 12.0. The molecule has 4 heterocycles. The van der Waals surface area contributed by atoms with Crippen molar-refractivity contribution in [2.75, 3.05) is 6.61 Å². The van der Waals surface area contributed by atoms with Crippen molar-refractivity contribution in [3.8, 4) is 28.2 Å². The predicted molar refractivity (Wildman–Crippen MR) is 128 cm³/mol. The number of hydrogen-bond acceptors (Lipinski definition) is 7. The van der Waals surface area contributed by atoms with E-state index in [1.54, 1.807) is 0 Å². The smallest absolute Gasteiger partial charge is 0.323 e. The van der Waals surface area contributed by atoms with E-state index < -0.39 is 43.5 Å². The molecular weight excluding hydrogens is 620 g/mol. The molecule has 1 atom stereocenters. The van der Waals surface area contributed by atoms with Gasteiger partial charge in [-0.05, 0) is 24.6 Å². The van der Waals surface area contributed by atoms with Gasteiger partial charge in [-0.1, -0.05) is 33.3 Å². The van der Waals surface area contributed by atoms with Gasteiger partial charge in [0.15, 0.2) is 17.7 Å². The third-order valence-corrected chi connectivity index (χ3v) is 6.35. The fourth-order valence-corrected chi connectivity index (χ4v) is 4.27. The lowest BCUT2D eigenvalue weighted by atomic mass is 10.0. The molecule has 0 saturated heterocycles. The van der Waals surface area contributed by atoms with Crippen LogP contribution >= 0.6 is 11.6 Å². The van der Waals surface area contributed by atoms with E-state index in [4.69, 9.17) is 11.6 Å². The number of aromatic amines is 1. The van der Waals surface area contributed by atoms with Gasteiger partial charge in [-0.3, -0.25) is 4.98 Å². The van der Waals surface area contributed by atoms with Gasteiger partial charge < -0.3 is 4.74 Å². The lowest BCUT2D eigenvalue weighted by Crippen LogP contribution is -2.33. The van der Waals surface area contributed by atoms with Gasteiger partial charge in [0.05, 0.1) is 46.4 Å². The molecule has 0 unspecified atom stereocenters. The van der Waals surface area contributed by atoms with Crippen molar-refractivity contribution in [3.63, 3.8) is 0 Å². The molecule has 4 aromatic heterocycles. The van der Waals surface area contributed by atoms with Crippen molar-refractivity contribution >= 4 is 11.6 Å². The Hall–Kier alpha value is -4.52. The number of H-pyrrole nitrogens is 1. The fraction of sp³-hybridized carbons (Fsp3) is 0.261. The molecule has 5 aromatic rings. The Morgan fingerprint density at radius 3 is 2.49 bits per heavy atom. The molecule has 0 amide bonds. The van der Waals surface area contributed by atoms with E-state index in [0.29, 0.717) is 10.9 Å². The highest BCUT2D eigenvalue weighted by Crippen LogP contribution is 2.33. The summed E-state index contributed by atoms with van der Waals surface area (Å²) in [6, 6.07) is 4.25. The van der Waals surface area contributed by atoms with Gasteiger partial charge in [0.1, 0.15) is 11.4 Å². The summed E-state index contributed by atoms with van der Waals surface area (Å²) >= 11 is 5.96. The molecule has 0 spiro atoms. The fourth-order valence-electron chi connectivity index (χ4n) is 4.12. The van der Waals surface area contributed by atoms with Gasteiger partial charge >= 0.3 is 25.0 Å². The molecule has 43 heavy (non-hydrogen) atoms. The standard InChI is InChI=1S/C23H15ClF8N10O/c24-12-2-4-16(41-10-18(36-39-41)23(30,31)32)19(20(12)25)11-1-3-13(33-7-11)15(5-6-43-22(28)29)40-9-14(35-38-40)17-8-34-37-42(17)21(26)27/h1-4,7-10,15,21-22H,5-6H2/p+1/t15-/m1/s1. The number of nitrogens with one attached hydrogen (secondary N) is 1. The SMILES string of the molecule is Fc1c(Cl)ccc(-[n+]2cc(C(F)(F)F)n[nH]2)c1-c1ccc([C@@H](CCOC(F)F)n2cc(-c3cnnn3C(F)F)nn2)nc1. The van der Waals surface area contributed by atoms with Crippen molar-refractivity contribution in [2.45, 2.75) is 31.8 Å². The summed E-state index contributed by atoms with van der Waals surface area (Å²) in [7, 11) is 0. The van der Waals surface area contributed by atoms with E-state index in [1.807, 2.05) is 0 Å². The van der Waals surface area contributed by atoms with Crippen LogP contribution in [-0.4, -0.2) is 58.5 Å². The summed E-state index contributed by atoms with van der Waals surface area (Å²) in [5.74, 6) is -0.962. The molecule has 0 aliphatic heterocycles. The van der Waals surface area contributed by atoms with Gasteiger partial charge in [0.2, 0.25) is 0 Å². The number of alkyl halides is 7. The zero-order valence-corrected chi connectivity index (χ0v) is 21.9. The Labute approximate surface area is 239 Å². The van der Waals surface area contributed by atoms with Gasteiger partial charge in [-0.15, -0.1) is 14.9 Å². The van der Waals surface area contributed by atoms with Crippen LogP contribution in [-0.2, 0) is 10.9 Å². The topological polar surface area (TPSA) is 116 Å². The van der Waals surface area contributed by atoms with E-state index in [2.05, 4.69) is 40.7 Å². The summed E-state index contributed by atoms with van der Waals surface area (Å²) < 4.78 is 113. The van der Waals surface area contributed by atoms with E-state index in [1.165, 1.54) is 35.3 Å². The summed E-state index contributed by atoms with van der Waals surface area (Å²) in [4.78, 5) is 4.29. The Morgan fingerprint density at radius 2 is 1.84 bits per heavy atom. The largest absolute Gasteiger partial charge is 0.464 e. The first-order valence-corrected chi connectivity index (χ1v) is 12.3. The second-order valence-corrected chi connectivity index (χ2v) is 9.09. The van der Waals surface area contributed by atoms with Gasteiger partial charge in [-0.25, -0.2) is 9.07 Å². The number of pyridine rings is 1. The average Bonchev–Trinajstić information content (AvgIpc) is 3.73. The zero-order chi connectivity index (χ0) is 30.9. The summed E-state index contributed by atoms with van der Waals surface area (Å²) in [6.07, 6.45) is -0.797. The summed E-state index contributed by atoms with van der Waals surface area (Å²) in [5, 5.41) is 19.5. The third-order valence-electron chi connectivity index (χ3n) is 6.06. The predicted octanol–water partition coefficient (Wildman–Crippen LogP) is 5.02. The number of rotatable bonds is 10. The monoisotopic (exact) mass is 635 g/mol. The first-order valence-electron chi connectivity index (χ1n) is 11.9. The molecule has 5 rings (SSSR count). The molecule has 0 radical (unpaired) electrons. The molecule has 226 valence electrons. The molecular formula is C23H16ClF8N10O+. The molecule has 11 nitrogen and oxygen atoms in total. The van der Waals surface area contributed by atoms with E-state index in [9.17, 15) is 30.7 Å². The average molecular weight is 636 g/mol. The number of aromatic nitrogens is 10. The van der Waals surface area contributed by atoms with E-state index in [0.717, 1.165) is 16.9 Å². The molecule has 1 aromatic carbocycles. The van der Waals surface area contributed by atoms with Crippen LogP contribution in [0.25, 0.3) is 28.2 Å². The third kappa shape index (κ3) is 6.31. The molecule has 0 saturated carbocycles. The molecule has 0 fully saturated rings. The van der Waals surface area contributed by atoms with Crippen molar-refractivity contribution < 1.29 is 44.5 Å². The van der Waals surface area contributed by atoms with Crippen molar-refractivity contribution in [2.24, 2.45) is 0 Å². The quantitative estimate of drug-likeness (QED) is 0.169. The molecule has 1 N–H and O–H groups in total. The Morgan fingerprint density at radius 1 is 1.05 bits per heavy atom. The number of hydrogen-bond donors (Lipinski definition) is 1. The van der Waals surface area contributed by atoms with E-state index >= 15 is 4.39 Å². The highest BCUT2D eigenvalue weighted by molar-refractivity contribution is 6.31. The number of benzene rings is 1. The molecule has 0 aliphatic carbocycles. The minimum atomic E-state index is -4.77. The van der Waals surface area contributed by atoms with E-state index in [-0.39, 0.29) is 45.3 Å². The minimum Gasteiger partial charge on any atom is -0.323 e. The maximum atomic E-state index is 15.3. The van der Waals surface area contributed by atoms with Crippen LogP contribution in [0.1, 0.15) is 30.4 Å². The van der Waals surface area contributed by atoms with Crippen LogP contribution in [0.3, 0.4) is 0 Å². The van der Waals surface area contributed by atoms with Crippen LogP contribution in [0.4, 0.5) is 35.1 Å². The van der Waals surface area contributed by atoms with Gasteiger partial charge in [0.25, 0.3) is 0 Å². The zero-order valence-electron chi connectivity index (χ0n) is 21.1. The first-order chi connectivity index (χ1) is 20.4. The maximum absolute atomic E-state index is 15.3. The Kier molecular flexibility index (Phi) is 8.36. The molecule has 20 heteroatoms. The van der Waals surface area contributed by atoms with Gasteiger partial charge in [-0.2, -0.15) is 35.4 Å². The minimum absolute atomic E-state index is 0.0536. The lowest BCUT2D eigenvalue weighted by molar-refractivity contribution is -0.659. The molecule has 0 aliphatic rings. The highest BCUT2D eigenvalue weighted by atomic mass is 35.5. The Balaban J connectivity index is 1.51. The van der Waals surface area contributed by atoms with Crippen LogP contribution in [0.15, 0.2) is 49.1 Å². The second-order valence-electron chi connectivity index (χ2n) is 8.68. The van der Waals surface area contributed by atoms with Crippen molar-refractivity contribution in [1.29, 1.82) is 0 Å². The molecule has 0 bridgehead atoms. The number of nitrogens with zero attached hydrogens (tertiary/aromatic N) is 9. The number of halogens is 9. The van der Waals surface area contributed by atoms with Crippen LogP contribution < -0.4 is 4.68 Å². The van der Waals surface area contributed by atoms with Crippen LogP contribution in [0.5, 0.6) is 0 Å². The Bertz CT molecular complexity index is 1700. The summed E-state index contributed by atoms with van der Waals surface area (Å²) in [5.41, 5.74) is -1.49. The van der Waals surface area contributed by atoms with Crippen molar-refractivity contribution in [1.82, 2.24) is 45.3 Å². The highest BCUT2D eigenvalue weighted by Gasteiger charge is 2.41. The summed E-state index contributed by atoms with van der Waals surface area (Å²) in [6.45, 7) is -6.57. The normalized spacial score (nSPS) is 12.9. The first kappa shape index (κ1) is 30.0. The van der Waals surface area contributed by atoms with Crippen LogP contribution in [0, 0.1) is 5.82 Å². The number of ether oxygens (including phenoxy) is 1. The maximum Gasteiger partial charge on any atom is 0.464 e.